The van der Waals surface area contributed by atoms with Crippen molar-refractivity contribution in [2.75, 3.05) is 23.3 Å². The molecule has 1 N–H and O–H groups in total. The van der Waals surface area contributed by atoms with Gasteiger partial charge in [-0.3, -0.25) is 4.79 Å². The molecular weight excluding hydrogens is 422 g/mol. The van der Waals surface area contributed by atoms with Crippen LogP contribution in [0.5, 0.6) is 0 Å². The van der Waals surface area contributed by atoms with E-state index in [1.165, 1.54) is 12.0 Å². The van der Waals surface area contributed by atoms with Crippen LogP contribution in [0.4, 0.5) is 17.1 Å². The summed E-state index contributed by atoms with van der Waals surface area (Å²) in [5.41, 5.74) is 9.36. The molecule has 0 bridgehead atoms. The second kappa shape index (κ2) is 7.73. The number of carbonyl (C=O) groups excluding carboxylic acids is 1. The molecule has 0 amide bonds. The predicted molar refractivity (Wildman–Crippen MR) is 137 cm³/mol. The molecule has 1 aromatic heterocycles. The van der Waals surface area contributed by atoms with Gasteiger partial charge in [0.25, 0.3) is 0 Å². The van der Waals surface area contributed by atoms with E-state index in [1.807, 2.05) is 24.3 Å². The molecular formula is C29H29N3O2. The van der Waals surface area contributed by atoms with E-state index < -0.39 is 0 Å². The number of rotatable bonds is 3. The number of aryl methyl sites for hydroxylation is 3. The smallest absolute Gasteiger partial charge is 0.196 e. The highest BCUT2D eigenvalue weighted by Crippen LogP contribution is 2.47. The van der Waals surface area contributed by atoms with Crippen molar-refractivity contribution >= 4 is 33.7 Å². The molecule has 5 nitrogen and oxygen atoms in total. The number of nitrogens with one attached hydrogen (secondary N) is 1. The van der Waals surface area contributed by atoms with E-state index in [1.54, 1.807) is 0 Å². The van der Waals surface area contributed by atoms with E-state index in [2.05, 4.69) is 61.3 Å². The van der Waals surface area contributed by atoms with Crippen LogP contribution in [0.15, 0.2) is 47.0 Å². The van der Waals surface area contributed by atoms with Crippen LogP contribution in [-0.2, 0) is 0 Å². The summed E-state index contributed by atoms with van der Waals surface area (Å²) in [6, 6.07) is 14.1. The second-order valence-corrected chi connectivity index (χ2v) is 10.0. The van der Waals surface area contributed by atoms with Crippen LogP contribution in [0.25, 0.3) is 22.2 Å². The summed E-state index contributed by atoms with van der Waals surface area (Å²) in [4.78, 5) is 16.3. The monoisotopic (exact) mass is 451 g/mol. The lowest BCUT2D eigenvalue weighted by atomic mass is 9.86. The van der Waals surface area contributed by atoms with Crippen LogP contribution in [0.1, 0.15) is 52.4 Å². The Balaban J connectivity index is 1.62. The maximum absolute atomic E-state index is 13.8. The van der Waals surface area contributed by atoms with Crippen molar-refractivity contribution in [3.05, 3.63) is 70.3 Å². The van der Waals surface area contributed by atoms with Crippen molar-refractivity contribution in [2.45, 2.75) is 40.5 Å². The van der Waals surface area contributed by atoms with Gasteiger partial charge in [-0.1, -0.05) is 54.0 Å². The molecule has 172 valence electrons. The third-order valence-corrected chi connectivity index (χ3v) is 7.31. The fraction of sp³-hybridized carbons (Fsp3) is 0.310. The highest BCUT2D eigenvalue weighted by atomic mass is 16.5. The number of aromatic nitrogens is 1. The zero-order chi connectivity index (χ0) is 23.6. The zero-order valence-corrected chi connectivity index (χ0v) is 20.2. The van der Waals surface area contributed by atoms with Gasteiger partial charge in [-0.05, 0) is 56.7 Å². The maximum Gasteiger partial charge on any atom is 0.196 e. The van der Waals surface area contributed by atoms with E-state index >= 15 is 0 Å². The van der Waals surface area contributed by atoms with E-state index in [0.717, 1.165) is 64.2 Å². The summed E-state index contributed by atoms with van der Waals surface area (Å²) in [6.45, 7) is 10.6. The van der Waals surface area contributed by atoms with Gasteiger partial charge in [0.05, 0.1) is 22.3 Å². The first-order chi connectivity index (χ1) is 16.4. The molecule has 34 heavy (non-hydrogen) atoms. The first kappa shape index (κ1) is 21.0. The van der Waals surface area contributed by atoms with Crippen molar-refractivity contribution in [3.63, 3.8) is 0 Å². The van der Waals surface area contributed by atoms with E-state index in [4.69, 9.17) is 4.52 Å². The first-order valence-corrected chi connectivity index (χ1v) is 12.1. The lowest BCUT2D eigenvalue weighted by molar-refractivity contribution is 0.104. The highest BCUT2D eigenvalue weighted by Gasteiger charge is 2.34. The largest absolute Gasteiger partial charge is 0.369 e. The Labute approximate surface area is 199 Å². The van der Waals surface area contributed by atoms with Gasteiger partial charge in [0, 0.05) is 29.9 Å². The molecule has 0 saturated carbocycles. The molecule has 1 fully saturated rings. The highest BCUT2D eigenvalue weighted by molar-refractivity contribution is 6.28. The molecule has 1 atom stereocenters. The van der Waals surface area contributed by atoms with Gasteiger partial charge in [-0.25, -0.2) is 0 Å². The molecule has 1 aliphatic carbocycles. The molecule has 0 radical (unpaired) electrons. The van der Waals surface area contributed by atoms with Crippen molar-refractivity contribution in [2.24, 2.45) is 5.92 Å². The standard InChI is InChI=1S/C29H29N3O2/c1-16-8-7-11-32(15-16)23-14-22(30-26-18(3)12-17(2)13-19(26)4)24-25-27(23)31-34-29(25)21-10-6-5-9-20(21)28(24)33/h5-6,9-10,12-14,16,30H,7-8,11,15H2,1-4H3/t16-/m1/s1. The quantitative estimate of drug-likeness (QED) is 0.322. The first-order valence-electron chi connectivity index (χ1n) is 12.1. The average molecular weight is 452 g/mol. The molecule has 2 aliphatic rings. The minimum Gasteiger partial charge on any atom is -0.369 e. The minimum atomic E-state index is 0.0137. The fourth-order valence-corrected chi connectivity index (χ4v) is 5.80. The molecule has 1 aliphatic heterocycles. The Morgan fingerprint density at radius 3 is 2.53 bits per heavy atom. The van der Waals surface area contributed by atoms with Crippen LogP contribution in [0.2, 0.25) is 0 Å². The summed E-state index contributed by atoms with van der Waals surface area (Å²) in [5, 5.41) is 9.01. The molecule has 4 aromatic rings. The normalized spacial score (nSPS) is 17.2. The lowest BCUT2D eigenvalue weighted by Crippen LogP contribution is -2.34. The van der Waals surface area contributed by atoms with Crippen LogP contribution in [0, 0.1) is 26.7 Å². The Morgan fingerprint density at radius 1 is 1.06 bits per heavy atom. The van der Waals surface area contributed by atoms with E-state index in [-0.39, 0.29) is 5.78 Å². The molecule has 6 rings (SSSR count). The third kappa shape index (κ3) is 3.14. The van der Waals surface area contributed by atoms with Crippen molar-refractivity contribution in [1.29, 1.82) is 0 Å². The van der Waals surface area contributed by atoms with Gasteiger partial charge in [0.2, 0.25) is 0 Å². The summed E-state index contributed by atoms with van der Waals surface area (Å²) in [6.07, 6.45) is 2.39. The minimum absolute atomic E-state index is 0.0137. The molecule has 2 heterocycles. The zero-order valence-electron chi connectivity index (χ0n) is 20.2. The third-order valence-electron chi connectivity index (χ3n) is 7.31. The number of piperidine rings is 1. The second-order valence-electron chi connectivity index (χ2n) is 10.0. The number of hydrogen-bond acceptors (Lipinski definition) is 5. The van der Waals surface area contributed by atoms with Crippen LogP contribution < -0.4 is 10.2 Å². The molecule has 3 aromatic carbocycles. The molecule has 5 heteroatoms. The average Bonchev–Trinajstić information content (AvgIpc) is 3.25. The topological polar surface area (TPSA) is 58.4 Å². The lowest BCUT2D eigenvalue weighted by Gasteiger charge is -2.33. The van der Waals surface area contributed by atoms with E-state index in [0.29, 0.717) is 22.8 Å². The molecule has 0 unspecified atom stereocenters. The van der Waals surface area contributed by atoms with Gasteiger partial charge in [0.1, 0.15) is 5.52 Å². The Bertz CT molecular complexity index is 1440. The Kier molecular flexibility index (Phi) is 4.76. The number of anilines is 3. The summed E-state index contributed by atoms with van der Waals surface area (Å²) >= 11 is 0. The number of benzene rings is 3. The van der Waals surface area contributed by atoms with E-state index in [9.17, 15) is 4.79 Å². The van der Waals surface area contributed by atoms with Gasteiger partial charge < -0.3 is 14.7 Å². The van der Waals surface area contributed by atoms with Gasteiger partial charge in [-0.2, -0.15) is 0 Å². The molecule has 1 saturated heterocycles. The summed E-state index contributed by atoms with van der Waals surface area (Å²) in [7, 11) is 0. The molecule has 0 spiro atoms. The maximum atomic E-state index is 13.8. The van der Waals surface area contributed by atoms with Crippen LogP contribution in [0.3, 0.4) is 0 Å². The van der Waals surface area contributed by atoms with Gasteiger partial charge in [-0.15, -0.1) is 0 Å². The summed E-state index contributed by atoms with van der Waals surface area (Å²) < 4.78 is 5.94. The predicted octanol–water partition coefficient (Wildman–Crippen LogP) is 6.94. The number of hydrogen-bond donors (Lipinski definition) is 1. The van der Waals surface area contributed by atoms with Crippen molar-refractivity contribution < 1.29 is 9.32 Å². The number of carbonyl (C=O) groups is 1. The number of fused-ring (bicyclic) bond motifs is 2. The van der Waals surface area contributed by atoms with Gasteiger partial charge in [0.15, 0.2) is 11.5 Å². The van der Waals surface area contributed by atoms with Gasteiger partial charge >= 0.3 is 0 Å². The number of ketones is 1. The van der Waals surface area contributed by atoms with Crippen molar-refractivity contribution in [3.8, 4) is 11.3 Å². The fourth-order valence-electron chi connectivity index (χ4n) is 5.80. The Morgan fingerprint density at radius 2 is 1.79 bits per heavy atom. The number of nitrogens with zero attached hydrogens (tertiary/aromatic N) is 2. The van der Waals surface area contributed by atoms with Crippen molar-refractivity contribution in [1.82, 2.24) is 5.16 Å². The van der Waals surface area contributed by atoms with Crippen LogP contribution >= 0.6 is 0 Å². The SMILES string of the molecule is Cc1cc(C)c(Nc2cc(N3CCC[C@@H](C)C3)c3noc4c3c2C(=O)c2ccccc2-4)c(C)c1. The Hall–Kier alpha value is -3.60. The summed E-state index contributed by atoms with van der Waals surface area (Å²) in [5.74, 6) is 1.32. The van der Waals surface area contributed by atoms with Crippen LogP contribution in [-0.4, -0.2) is 24.0 Å².